The standard InChI is InChI=1S/C16H26N4O2.ClH/c1-10(2)18-15(22)20-12-8-6-11(7-9-12)19-14(21)13(17)16(3,4)5;/h6-10,13H,17H2,1-5H3,(H,19,21)(H2,18,20,22);1H/t13-;/m1./s1. The van der Waals surface area contributed by atoms with Gasteiger partial charge in [-0.1, -0.05) is 20.8 Å². The van der Waals surface area contributed by atoms with Crippen molar-refractivity contribution < 1.29 is 9.59 Å². The number of nitrogens with one attached hydrogen (secondary N) is 3. The Bertz CT molecular complexity index is 524. The van der Waals surface area contributed by atoms with Crippen molar-refractivity contribution in [2.45, 2.75) is 46.7 Å². The Morgan fingerprint density at radius 2 is 1.43 bits per heavy atom. The van der Waals surface area contributed by atoms with Crippen LogP contribution in [0.2, 0.25) is 0 Å². The van der Waals surface area contributed by atoms with Gasteiger partial charge in [0.05, 0.1) is 6.04 Å². The average Bonchev–Trinajstić information content (AvgIpc) is 2.38. The smallest absolute Gasteiger partial charge is 0.319 e. The van der Waals surface area contributed by atoms with Crippen LogP contribution in [0.25, 0.3) is 0 Å². The fraction of sp³-hybridized carbons (Fsp3) is 0.500. The zero-order valence-corrected chi connectivity index (χ0v) is 15.1. The molecule has 0 aliphatic carbocycles. The van der Waals surface area contributed by atoms with Gasteiger partial charge in [0.15, 0.2) is 0 Å². The highest BCUT2D eigenvalue weighted by molar-refractivity contribution is 5.95. The van der Waals surface area contributed by atoms with E-state index >= 15 is 0 Å². The van der Waals surface area contributed by atoms with E-state index in [-0.39, 0.29) is 35.8 Å². The number of carbonyl (C=O) groups excluding carboxylic acids is 2. The normalized spacial score (nSPS) is 12.1. The van der Waals surface area contributed by atoms with Gasteiger partial charge in [0.25, 0.3) is 0 Å². The van der Waals surface area contributed by atoms with E-state index in [0.717, 1.165) is 0 Å². The molecule has 1 aromatic rings. The fourth-order valence-electron chi connectivity index (χ4n) is 1.68. The van der Waals surface area contributed by atoms with E-state index in [4.69, 9.17) is 5.73 Å². The van der Waals surface area contributed by atoms with Gasteiger partial charge < -0.3 is 21.7 Å². The summed E-state index contributed by atoms with van der Waals surface area (Å²) in [5, 5.41) is 8.22. The number of nitrogens with two attached hydrogens (primary N) is 1. The highest BCUT2D eigenvalue weighted by Crippen LogP contribution is 2.19. The van der Waals surface area contributed by atoms with Crippen LogP contribution in [0.4, 0.5) is 16.2 Å². The molecule has 23 heavy (non-hydrogen) atoms. The number of anilines is 2. The molecule has 5 N–H and O–H groups in total. The second-order valence-corrected chi connectivity index (χ2v) is 6.66. The summed E-state index contributed by atoms with van der Waals surface area (Å²) in [5.74, 6) is -0.231. The van der Waals surface area contributed by atoms with Crippen LogP contribution in [0.3, 0.4) is 0 Å². The van der Waals surface area contributed by atoms with Gasteiger partial charge >= 0.3 is 6.03 Å². The molecule has 1 atom stereocenters. The third-order valence-electron chi connectivity index (χ3n) is 3.05. The van der Waals surface area contributed by atoms with E-state index in [9.17, 15) is 9.59 Å². The van der Waals surface area contributed by atoms with Crippen molar-refractivity contribution in [3.8, 4) is 0 Å². The highest BCUT2D eigenvalue weighted by Gasteiger charge is 2.27. The first-order valence-electron chi connectivity index (χ1n) is 7.33. The summed E-state index contributed by atoms with van der Waals surface area (Å²) in [7, 11) is 0. The van der Waals surface area contributed by atoms with E-state index in [1.165, 1.54) is 0 Å². The Hall–Kier alpha value is -1.79. The van der Waals surface area contributed by atoms with E-state index in [1.807, 2.05) is 34.6 Å². The summed E-state index contributed by atoms with van der Waals surface area (Å²) in [6.45, 7) is 9.51. The van der Waals surface area contributed by atoms with Crippen LogP contribution < -0.4 is 21.7 Å². The van der Waals surface area contributed by atoms with Gasteiger partial charge in [-0.15, -0.1) is 12.4 Å². The molecule has 0 saturated carbocycles. The molecule has 0 fully saturated rings. The van der Waals surface area contributed by atoms with Gasteiger partial charge in [-0.05, 0) is 43.5 Å². The molecule has 0 bridgehead atoms. The van der Waals surface area contributed by atoms with Gasteiger partial charge in [-0.25, -0.2) is 4.79 Å². The molecule has 0 unspecified atom stereocenters. The summed E-state index contributed by atoms with van der Waals surface area (Å²) >= 11 is 0. The van der Waals surface area contributed by atoms with E-state index in [1.54, 1.807) is 24.3 Å². The molecule has 0 spiro atoms. The summed E-state index contributed by atoms with van der Waals surface area (Å²) in [4.78, 5) is 23.6. The molecule has 7 heteroatoms. The molecule has 6 nitrogen and oxygen atoms in total. The first-order chi connectivity index (χ1) is 10.1. The molecule has 1 aromatic carbocycles. The van der Waals surface area contributed by atoms with Crippen molar-refractivity contribution in [1.29, 1.82) is 0 Å². The van der Waals surface area contributed by atoms with Gasteiger partial charge in [0.1, 0.15) is 0 Å². The van der Waals surface area contributed by atoms with Crippen LogP contribution in [-0.4, -0.2) is 24.0 Å². The minimum atomic E-state index is -0.595. The van der Waals surface area contributed by atoms with Crippen LogP contribution in [0.1, 0.15) is 34.6 Å². The molecule has 0 saturated heterocycles. The van der Waals surface area contributed by atoms with E-state index in [2.05, 4.69) is 16.0 Å². The SMILES string of the molecule is CC(C)NC(=O)Nc1ccc(NC(=O)[C@@H](N)C(C)(C)C)cc1.Cl. The van der Waals surface area contributed by atoms with Crippen molar-refractivity contribution in [2.24, 2.45) is 11.1 Å². The quantitative estimate of drug-likeness (QED) is 0.677. The summed E-state index contributed by atoms with van der Waals surface area (Å²) < 4.78 is 0. The number of halogens is 1. The van der Waals surface area contributed by atoms with Crippen molar-refractivity contribution in [2.75, 3.05) is 10.6 Å². The van der Waals surface area contributed by atoms with Crippen LogP contribution in [0.15, 0.2) is 24.3 Å². The molecule has 130 valence electrons. The minimum Gasteiger partial charge on any atom is -0.336 e. The van der Waals surface area contributed by atoms with Crippen molar-refractivity contribution >= 4 is 35.7 Å². The zero-order chi connectivity index (χ0) is 16.9. The number of carbonyl (C=O) groups is 2. The first kappa shape index (κ1) is 21.2. The molecule has 0 aromatic heterocycles. The van der Waals surface area contributed by atoms with Gasteiger partial charge in [0, 0.05) is 17.4 Å². The zero-order valence-electron chi connectivity index (χ0n) is 14.3. The molecule has 0 radical (unpaired) electrons. The molecule has 0 heterocycles. The third kappa shape index (κ3) is 7.34. The van der Waals surface area contributed by atoms with Crippen LogP contribution in [-0.2, 0) is 4.79 Å². The average molecular weight is 343 g/mol. The second-order valence-electron chi connectivity index (χ2n) is 6.66. The maximum Gasteiger partial charge on any atom is 0.319 e. The summed E-state index contributed by atoms with van der Waals surface area (Å²) in [6.07, 6.45) is 0. The molecular weight excluding hydrogens is 316 g/mol. The van der Waals surface area contributed by atoms with E-state index < -0.39 is 6.04 Å². The van der Waals surface area contributed by atoms with Gasteiger partial charge in [-0.2, -0.15) is 0 Å². The Kier molecular flexibility index (Phi) is 8.06. The summed E-state index contributed by atoms with van der Waals surface area (Å²) in [6, 6.07) is 6.09. The largest absolute Gasteiger partial charge is 0.336 e. The number of benzene rings is 1. The maximum atomic E-state index is 12.0. The Morgan fingerprint density at radius 3 is 1.83 bits per heavy atom. The summed E-state index contributed by atoms with van der Waals surface area (Å²) in [5.41, 5.74) is 6.89. The van der Waals surface area contributed by atoms with Gasteiger partial charge in [0.2, 0.25) is 5.91 Å². The van der Waals surface area contributed by atoms with Crippen molar-refractivity contribution in [1.82, 2.24) is 5.32 Å². The predicted molar refractivity (Wildman–Crippen MR) is 97.0 cm³/mol. The lowest BCUT2D eigenvalue weighted by molar-refractivity contribution is -0.119. The number of urea groups is 1. The maximum absolute atomic E-state index is 12.0. The number of hydrogen-bond donors (Lipinski definition) is 4. The van der Waals surface area contributed by atoms with E-state index in [0.29, 0.717) is 11.4 Å². The van der Waals surface area contributed by atoms with Crippen LogP contribution in [0, 0.1) is 5.41 Å². The fourth-order valence-corrected chi connectivity index (χ4v) is 1.68. The number of hydrogen-bond acceptors (Lipinski definition) is 3. The number of rotatable bonds is 4. The molecule has 0 aliphatic heterocycles. The second kappa shape index (κ2) is 8.74. The first-order valence-corrected chi connectivity index (χ1v) is 7.33. The minimum absolute atomic E-state index is 0. The van der Waals surface area contributed by atoms with Crippen molar-refractivity contribution in [3.63, 3.8) is 0 Å². The lowest BCUT2D eigenvalue weighted by Crippen LogP contribution is -2.45. The van der Waals surface area contributed by atoms with Crippen molar-refractivity contribution in [3.05, 3.63) is 24.3 Å². The lowest BCUT2D eigenvalue weighted by Gasteiger charge is -2.25. The highest BCUT2D eigenvalue weighted by atomic mass is 35.5. The molecule has 1 rings (SSSR count). The third-order valence-corrected chi connectivity index (χ3v) is 3.05. The lowest BCUT2D eigenvalue weighted by atomic mass is 9.87. The van der Waals surface area contributed by atoms with Crippen LogP contribution in [0.5, 0.6) is 0 Å². The van der Waals surface area contributed by atoms with Gasteiger partial charge in [-0.3, -0.25) is 4.79 Å². The monoisotopic (exact) mass is 342 g/mol. The molecule has 3 amide bonds. The topological polar surface area (TPSA) is 96.2 Å². The molecular formula is C16H27ClN4O2. The Balaban J connectivity index is 0.00000484. The molecule has 0 aliphatic rings. The predicted octanol–water partition coefficient (Wildman–Crippen LogP) is 2.95. The number of amides is 3. The Morgan fingerprint density at radius 1 is 1.00 bits per heavy atom. The Labute approximate surface area is 144 Å². The van der Waals surface area contributed by atoms with Crippen LogP contribution >= 0.6 is 12.4 Å².